The quantitative estimate of drug-likeness (QED) is 0.923. The zero-order valence-electron chi connectivity index (χ0n) is 11.6. The number of rotatable bonds is 4. The second kappa shape index (κ2) is 4.67. The van der Waals surface area contributed by atoms with Gasteiger partial charge in [0, 0.05) is 25.0 Å². The number of amides is 1. The predicted molar refractivity (Wildman–Crippen MR) is 74.6 cm³/mol. The highest BCUT2D eigenvalue weighted by molar-refractivity contribution is 5.91. The number of aromatic nitrogens is 2. The van der Waals surface area contributed by atoms with Gasteiger partial charge in [0.15, 0.2) is 5.82 Å². The van der Waals surface area contributed by atoms with Crippen LogP contribution >= 0.6 is 0 Å². The minimum absolute atomic E-state index is 0.152. The lowest BCUT2D eigenvalue weighted by Crippen LogP contribution is -2.36. The first-order chi connectivity index (χ1) is 9.66. The smallest absolute Gasteiger partial charge is 0.287 e. The van der Waals surface area contributed by atoms with Crippen LogP contribution in [0.4, 0.5) is 0 Å². The van der Waals surface area contributed by atoms with Gasteiger partial charge >= 0.3 is 0 Å². The van der Waals surface area contributed by atoms with Crippen molar-refractivity contribution in [1.82, 2.24) is 14.9 Å². The summed E-state index contributed by atoms with van der Waals surface area (Å²) >= 11 is 0. The lowest BCUT2D eigenvalue weighted by atomic mass is 10.0. The van der Waals surface area contributed by atoms with Crippen molar-refractivity contribution in [2.24, 2.45) is 7.05 Å². The largest absolute Gasteiger partial charge is 0.496 e. The zero-order valence-corrected chi connectivity index (χ0v) is 11.6. The van der Waals surface area contributed by atoms with Gasteiger partial charge in [0.05, 0.1) is 12.6 Å². The first kappa shape index (κ1) is 12.7. The Labute approximate surface area is 117 Å². The number of benzene rings is 1. The van der Waals surface area contributed by atoms with Gasteiger partial charge in [0.2, 0.25) is 0 Å². The Kier molecular flexibility index (Phi) is 2.97. The van der Waals surface area contributed by atoms with Crippen LogP contribution in [0.5, 0.6) is 5.75 Å². The summed E-state index contributed by atoms with van der Waals surface area (Å²) < 4.78 is 7.11. The lowest BCUT2D eigenvalue weighted by Gasteiger charge is -2.20. The Morgan fingerprint density at radius 2 is 2.15 bits per heavy atom. The maximum absolute atomic E-state index is 12.3. The predicted octanol–water partition coefficient (Wildman–Crippen LogP) is 1.85. The van der Waals surface area contributed by atoms with E-state index in [-0.39, 0.29) is 11.4 Å². The molecule has 3 rings (SSSR count). The van der Waals surface area contributed by atoms with E-state index in [0.29, 0.717) is 5.82 Å². The van der Waals surface area contributed by atoms with Gasteiger partial charge in [-0.25, -0.2) is 4.98 Å². The van der Waals surface area contributed by atoms with Gasteiger partial charge in [0.1, 0.15) is 5.75 Å². The molecule has 1 heterocycles. The molecule has 5 heteroatoms. The van der Waals surface area contributed by atoms with E-state index in [1.165, 1.54) is 0 Å². The number of nitrogens with zero attached hydrogens (tertiary/aromatic N) is 2. The van der Waals surface area contributed by atoms with E-state index in [4.69, 9.17) is 4.74 Å². The van der Waals surface area contributed by atoms with E-state index in [1.807, 2.05) is 31.3 Å². The molecule has 20 heavy (non-hydrogen) atoms. The molecule has 1 saturated carbocycles. The van der Waals surface area contributed by atoms with Crippen molar-refractivity contribution in [2.45, 2.75) is 18.4 Å². The Balaban J connectivity index is 1.87. The molecule has 0 unspecified atom stereocenters. The third-order valence-corrected chi connectivity index (χ3v) is 3.75. The van der Waals surface area contributed by atoms with Crippen molar-refractivity contribution < 1.29 is 9.53 Å². The van der Waals surface area contributed by atoms with Crippen LogP contribution in [-0.2, 0) is 12.6 Å². The van der Waals surface area contributed by atoms with E-state index in [0.717, 1.165) is 24.2 Å². The summed E-state index contributed by atoms with van der Waals surface area (Å²) in [7, 11) is 3.46. The first-order valence-corrected chi connectivity index (χ1v) is 6.60. The van der Waals surface area contributed by atoms with Gasteiger partial charge in [0.25, 0.3) is 5.91 Å². The van der Waals surface area contributed by atoms with Crippen LogP contribution < -0.4 is 10.1 Å². The maximum Gasteiger partial charge on any atom is 0.287 e. The van der Waals surface area contributed by atoms with Gasteiger partial charge in [-0.2, -0.15) is 0 Å². The molecule has 1 aliphatic rings. The summed E-state index contributed by atoms with van der Waals surface area (Å²) in [6.45, 7) is 0. The normalized spacial score (nSPS) is 15.7. The fourth-order valence-electron chi connectivity index (χ4n) is 2.48. The van der Waals surface area contributed by atoms with Gasteiger partial charge in [-0.05, 0) is 18.9 Å². The maximum atomic E-state index is 12.3. The summed E-state index contributed by atoms with van der Waals surface area (Å²) in [4.78, 5) is 16.4. The number of hydrogen-bond donors (Lipinski definition) is 1. The van der Waals surface area contributed by atoms with E-state index in [2.05, 4.69) is 10.3 Å². The van der Waals surface area contributed by atoms with Crippen molar-refractivity contribution in [3.63, 3.8) is 0 Å². The van der Waals surface area contributed by atoms with Crippen molar-refractivity contribution >= 4 is 5.91 Å². The molecule has 1 aromatic carbocycles. The van der Waals surface area contributed by atoms with Gasteiger partial charge in [-0.1, -0.05) is 18.2 Å². The van der Waals surface area contributed by atoms with Crippen LogP contribution in [0, 0.1) is 0 Å². The summed E-state index contributed by atoms with van der Waals surface area (Å²) in [6, 6.07) is 7.82. The number of ether oxygens (including phenoxy) is 1. The number of nitrogens with one attached hydrogen (secondary N) is 1. The molecule has 0 bridgehead atoms. The van der Waals surface area contributed by atoms with Crippen LogP contribution in [0.25, 0.3) is 0 Å². The topological polar surface area (TPSA) is 56.1 Å². The van der Waals surface area contributed by atoms with E-state index >= 15 is 0 Å². The Morgan fingerprint density at radius 1 is 1.40 bits per heavy atom. The highest BCUT2D eigenvalue weighted by Crippen LogP contribution is 2.48. The van der Waals surface area contributed by atoms with Crippen molar-refractivity contribution in [1.29, 1.82) is 0 Å². The number of imidazole rings is 1. The molecule has 1 amide bonds. The number of methoxy groups -OCH3 is 1. The average Bonchev–Trinajstić information content (AvgIpc) is 3.11. The summed E-state index contributed by atoms with van der Waals surface area (Å²) in [6.07, 6.45) is 5.22. The Hall–Kier alpha value is -2.30. The SMILES string of the molecule is COc1ccccc1C1(NC(=O)c2nccn2C)CC1. The minimum Gasteiger partial charge on any atom is -0.496 e. The molecule has 1 aromatic heterocycles. The molecule has 1 aliphatic carbocycles. The van der Waals surface area contributed by atoms with Gasteiger partial charge in [-0.15, -0.1) is 0 Å². The Morgan fingerprint density at radius 3 is 2.75 bits per heavy atom. The fraction of sp³-hybridized carbons (Fsp3) is 0.333. The standard InChI is InChI=1S/C15H17N3O2/c1-18-10-9-16-13(18)14(19)17-15(7-8-15)11-5-3-4-6-12(11)20-2/h3-6,9-10H,7-8H2,1-2H3,(H,17,19). The second-order valence-electron chi connectivity index (χ2n) is 5.10. The molecular formula is C15H17N3O2. The van der Waals surface area contributed by atoms with Gasteiger partial charge < -0.3 is 14.6 Å². The molecule has 0 saturated heterocycles. The third kappa shape index (κ3) is 2.05. The minimum atomic E-state index is -0.310. The number of para-hydroxylation sites is 1. The van der Waals surface area contributed by atoms with Crippen molar-refractivity contribution in [3.05, 3.63) is 48.0 Å². The molecule has 104 valence electrons. The van der Waals surface area contributed by atoms with Crippen molar-refractivity contribution in [3.8, 4) is 5.75 Å². The molecule has 2 aromatic rings. The molecule has 0 aliphatic heterocycles. The van der Waals surface area contributed by atoms with E-state index in [9.17, 15) is 4.79 Å². The zero-order chi connectivity index (χ0) is 14.2. The summed E-state index contributed by atoms with van der Waals surface area (Å²) in [5.74, 6) is 1.08. The lowest BCUT2D eigenvalue weighted by molar-refractivity contribution is 0.0916. The van der Waals surface area contributed by atoms with Crippen LogP contribution in [0.2, 0.25) is 0 Å². The highest BCUT2D eigenvalue weighted by Gasteiger charge is 2.47. The van der Waals surface area contributed by atoms with Crippen LogP contribution in [0.1, 0.15) is 29.0 Å². The van der Waals surface area contributed by atoms with Crippen LogP contribution in [0.15, 0.2) is 36.7 Å². The van der Waals surface area contributed by atoms with Crippen molar-refractivity contribution in [2.75, 3.05) is 7.11 Å². The average molecular weight is 271 g/mol. The molecule has 0 atom stereocenters. The monoisotopic (exact) mass is 271 g/mol. The van der Waals surface area contributed by atoms with E-state index in [1.54, 1.807) is 24.1 Å². The summed E-state index contributed by atoms with van der Waals surface area (Å²) in [5.41, 5.74) is 0.723. The molecule has 0 radical (unpaired) electrons. The molecule has 0 spiro atoms. The highest BCUT2D eigenvalue weighted by atomic mass is 16.5. The first-order valence-electron chi connectivity index (χ1n) is 6.60. The van der Waals surface area contributed by atoms with Gasteiger partial charge in [-0.3, -0.25) is 4.79 Å². The number of carbonyl (C=O) groups excluding carboxylic acids is 1. The fourth-order valence-corrected chi connectivity index (χ4v) is 2.48. The van der Waals surface area contributed by atoms with Crippen LogP contribution in [-0.4, -0.2) is 22.6 Å². The molecule has 1 fully saturated rings. The Bertz CT molecular complexity index is 644. The second-order valence-corrected chi connectivity index (χ2v) is 5.10. The molecule has 5 nitrogen and oxygen atoms in total. The summed E-state index contributed by atoms with van der Waals surface area (Å²) in [5, 5.41) is 3.10. The molecule has 1 N–H and O–H groups in total. The molecular weight excluding hydrogens is 254 g/mol. The third-order valence-electron chi connectivity index (χ3n) is 3.75. The number of hydrogen-bond acceptors (Lipinski definition) is 3. The number of carbonyl (C=O) groups is 1. The number of aryl methyl sites for hydroxylation is 1. The van der Waals surface area contributed by atoms with Crippen LogP contribution in [0.3, 0.4) is 0 Å². The van der Waals surface area contributed by atoms with E-state index < -0.39 is 0 Å².